The van der Waals surface area contributed by atoms with Gasteiger partial charge in [-0.1, -0.05) is 0 Å². The van der Waals surface area contributed by atoms with Gasteiger partial charge in [-0.15, -0.1) is 0 Å². The zero-order chi connectivity index (χ0) is 3.41. The van der Waals surface area contributed by atoms with E-state index in [-0.39, 0.29) is 0 Å². The van der Waals surface area contributed by atoms with Crippen molar-refractivity contribution in [1.82, 2.24) is 0 Å². The molecule has 0 nitrogen and oxygen atoms in total. The standard InChI is InChI=1S/C2H4PS/c1-2-3-4/h2H,1H3/q+1. The molecule has 0 fully saturated rings. The Labute approximate surface area is 32.3 Å². The van der Waals surface area contributed by atoms with Crippen LogP contribution in [-0.4, -0.2) is 5.80 Å². The molecule has 0 rings (SSSR count). The summed E-state index contributed by atoms with van der Waals surface area (Å²) in [7, 11) is 0. The second kappa shape index (κ2) is 3.52. The van der Waals surface area contributed by atoms with Crippen LogP contribution < -0.4 is 0 Å². The maximum atomic E-state index is 4.47. The molecule has 0 saturated carbocycles. The third-order valence-electron chi connectivity index (χ3n) is 0.105. The average Bonchev–Trinajstić information content (AvgIpc) is 1.37. The van der Waals surface area contributed by atoms with Crippen molar-refractivity contribution in [3.63, 3.8) is 0 Å². The van der Waals surface area contributed by atoms with Gasteiger partial charge in [0.05, 0.1) is 0 Å². The van der Waals surface area contributed by atoms with Crippen molar-refractivity contribution in [2.75, 3.05) is 0 Å². The molecule has 0 spiro atoms. The van der Waals surface area contributed by atoms with Gasteiger partial charge in [-0.2, -0.15) is 0 Å². The van der Waals surface area contributed by atoms with Crippen LogP contribution in [0.1, 0.15) is 6.92 Å². The fourth-order valence-corrected chi connectivity index (χ4v) is 0. The molecule has 22 valence electrons. The Morgan fingerprint density at radius 1 is 2.00 bits per heavy atom. The van der Waals surface area contributed by atoms with Crippen molar-refractivity contribution >= 4 is 24.6 Å². The van der Waals surface area contributed by atoms with Gasteiger partial charge < -0.3 is 0 Å². The van der Waals surface area contributed by atoms with Crippen molar-refractivity contribution in [2.45, 2.75) is 6.92 Å². The van der Waals surface area contributed by atoms with Gasteiger partial charge in [0, 0.05) is 0 Å². The normalized spacial score (nSPS) is 5.25. The third kappa shape index (κ3) is 2.52. The summed E-state index contributed by atoms with van der Waals surface area (Å²) in [5, 5.41) is 0. The van der Waals surface area contributed by atoms with E-state index in [4.69, 9.17) is 0 Å². The molecule has 0 aliphatic heterocycles. The molecular weight excluding hydrogens is 87.1 g/mol. The van der Waals surface area contributed by atoms with Crippen molar-refractivity contribution in [2.24, 2.45) is 0 Å². The van der Waals surface area contributed by atoms with Crippen LogP contribution in [0.3, 0.4) is 0 Å². The van der Waals surface area contributed by atoms with Crippen LogP contribution in [-0.2, 0) is 11.8 Å². The second-order valence-electron chi connectivity index (χ2n) is 0.364. The summed E-state index contributed by atoms with van der Waals surface area (Å²) < 4.78 is 0. The van der Waals surface area contributed by atoms with E-state index in [1.165, 1.54) is 0 Å². The van der Waals surface area contributed by atoms with Gasteiger partial charge in [0.2, 0.25) is 0 Å². The molecule has 0 unspecified atom stereocenters. The molecule has 0 amide bonds. The SMILES string of the molecule is CC=[P+]=S. The summed E-state index contributed by atoms with van der Waals surface area (Å²) in [5.41, 5.74) is 0. The van der Waals surface area contributed by atoms with E-state index < -0.39 is 0 Å². The third-order valence-corrected chi connectivity index (χ3v) is 0.949. The van der Waals surface area contributed by atoms with Crippen molar-refractivity contribution < 1.29 is 0 Å². The molecule has 2 heteroatoms. The second-order valence-corrected chi connectivity index (χ2v) is 1.72. The molecule has 0 bridgehead atoms. The van der Waals surface area contributed by atoms with Gasteiger partial charge in [-0.05, 0) is 0 Å². The molecule has 0 heterocycles. The fraction of sp³-hybridized carbons (Fsp3) is 0.500. The minimum absolute atomic E-state index is 0.957. The zero-order valence-corrected chi connectivity index (χ0v) is 4.14. The molecule has 0 aliphatic carbocycles. The van der Waals surface area contributed by atoms with Gasteiger partial charge in [-0.25, -0.2) is 0 Å². The van der Waals surface area contributed by atoms with Crippen LogP contribution in [0, 0.1) is 0 Å². The molecule has 0 aromatic heterocycles. The molecule has 0 saturated heterocycles. The van der Waals surface area contributed by atoms with Crippen molar-refractivity contribution in [1.29, 1.82) is 0 Å². The first-order valence-corrected chi connectivity index (χ1v) is 3.00. The van der Waals surface area contributed by atoms with Gasteiger partial charge in [0.1, 0.15) is 0 Å². The van der Waals surface area contributed by atoms with Gasteiger partial charge in [0.15, 0.2) is 0 Å². The van der Waals surface area contributed by atoms with E-state index in [2.05, 4.69) is 11.8 Å². The van der Waals surface area contributed by atoms with E-state index in [1.807, 2.05) is 12.7 Å². The topological polar surface area (TPSA) is 0 Å². The molecule has 0 atom stereocenters. The van der Waals surface area contributed by atoms with Gasteiger partial charge in [-0.3, -0.25) is 0 Å². The first kappa shape index (κ1) is 4.52. The molecule has 0 N–H and O–H groups in total. The van der Waals surface area contributed by atoms with E-state index in [0.717, 1.165) is 6.98 Å². The summed E-state index contributed by atoms with van der Waals surface area (Å²) in [5.74, 6) is 1.91. The molecule has 0 aromatic carbocycles. The summed E-state index contributed by atoms with van der Waals surface area (Å²) in [6.45, 7) is 2.90. The van der Waals surface area contributed by atoms with Crippen molar-refractivity contribution in [3.8, 4) is 0 Å². The number of rotatable bonds is 0. The Morgan fingerprint density at radius 3 is 2.25 bits per heavy atom. The predicted molar refractivity (Wildman–Crippen MR) is 26.0 cm³/mol. The first-order valence-electron chi connectivity index (χ1n) is 1.02. The Morgan fingerprint density at radius 2 is 2.25 bits per heavy atom. The summed E-state index contributed by atoms with van der Waals surface area (Å²) >= 11 is 4.47. The molecule has 0 radical (unpaired) electrons. The monoisotopic (exact) mass is 91.0 g/mol. The maximum absolute atomic E-state index is 4.47. The molecular formula is C2H4PS+. The Bertz CT molecular complexity index is 44.0. The van der Waals surface area contributed by atoms with E-state index >= 15 is 0 Å². The van der Waals surface area contributed by atoms with Crippen LogP contribution in [0.2, 0.25) is 0 Å². The van der Waals surface area contributed by atoms with E-state index in [9.17, 15) is 0 Å². The van der Waals surface area contributed by atoms with Crippen LogP contribution in [0.25, 0.3) is 0 Å². The fourth-order valence-electron chi connectivity index (χ4n) is 0. The average molecular weight is 91.1 g/mol. The van der Waals surface area contributed by atoms with E-state index in [1.54, 1.807) is 0 Å². The minimum atomic E-state index is 0.957. The Hall–Kier alpha value is 0.520. The molecule has 0 aromatic rings. The number of hydrogen-bond donors (Lipinski definition) is 0. The van der Waals surface area contributed by atoms with Crippen LogP contribution >= 0.6 is 6.98 Å². The van der Waals surface area contributed by atoms with E-state index in [0.29, 0.717) is 0 Å². The van der Waals surface area contributed by atoms with Crippen LogP contribution in [0.4, 0.5) is 0 Å². The van der Waals surface area contributed by atoms with Crippen LogP contribution in [0.5, 0.6) is 0 Å². The van der Waals surface area contributed by atoms with Crippen molar-refractivity contribution in [3.05, 3.63) is 0 Å². The van der Waals surface area contributed by atoms with Gasteiger partial charge in [0.25, 0.3) is 0 Å². The van der Waals surface area contributed by atoms with Gasteiger partial charge >= 0.3 is 31.5 Å². The van der Waals surface area contributed by atoms with Crippen LogP contribution in [0.15, 0.2) is 0 Å². The summed E-state index contributed by atoms with van der Waals surface area (Å²) in [6, 6.07) is 0. The Kier molecular flexibility index (Phi) is 3.98. The quantitative estimate of drug-likeness (QED) is 0.404. The number of hydrogen-bond acceptors (Lipinski definition) is 1. The molecule has 4 heavy (non-hydrogen) atoms. The Balaban J connectivity index is 3.11. The zero-order valence-electron chi connectivity index (χ0n) is 2.43. The summed E-state index contributed by atoms with van der Waals surface area (Å²) in [6.07, 6.45) is 0. The first-order chi connectivity index (χ1) is 1.91. The predicted octanol–water partition coefficient (Wildman–Crippen LogP) is 1.22. The molecule has 0 aliphatic rings. The summed E-state index contributed by atoms with van der Waals surface area (Å²) in [4.78, 5) is 0.